The van der Waals surface area contributed by atoms with Gasteiger partial charge in [0.15, 0.2) is 5.78 Å². The normalized spacial score (nSPS) is 22.9. The van der Waals surface area contributed by atoms with E-state index in [2.05, 4.69) is 42.5 Å². The average Bonchev–Trinajstić information content (AvgIpc) is 2.94. The van der Waals surface area contributed by atoms with E-state index in [0.717, 1.165) is 49.7 Å². The number of nitrogens with zero attached hydrogens (tertiary/aromatic N) is 1. The van der Waals surface area contributed by atoms with Crippen LogP contribution in [0.5, 0.6) is 0 Å². The summed E-state index contributed by atoms with van der Waals surface area (Å²) in [6.45, 7) is 0. The van der Waals surface area contributed by atoms with Crippen LogP contribution < -0.4 is 0 Å². The first-order chi connectivity index (χ1) is 13.7. The molecule has 0 aliphatic heterocycles. The highest BCUT2D eigenvalue weighted by atomic mass is 16.1. The van der Waals surface area contributed by atoms with Gasteiger partial charge in [-0.15, -0.1) is 0 Å². The maximum absolute atomic E-state index is 14.1. The lowest BCUT2D eigenvalue weighted by molar-refractivity contribution is -0.131. The lowest BCUT2D eigenvalue weighted by Crippen LogP contribution is -2.44. The third-order valence-corrected chi connectivity index (χ3v) is 7.96. The number of benzene rings is 2. The Morgan fingerprint density at radius 3 is 2.11 bits per heavy atom. The second-order valence-corrected chi connectivity index (χ2v) is 9.36. The Balaban J connectivity index is 1.69. The van der Waals surface area contributed by atoms with Gasteiger partial charge in [0.05, 0.1) is 22.0 Å². The van der Waals surface area contributed by atoms with E-state index in [1.807, 2.05) is 0 Å². The van der Waals surface area contributed by atoms with E-state index in [-0.39, 0.29) is 10.8 Å². The Labute approximate surface area is 166 Å². The zero-order chi connectivity index (χ0) is 18.8. The second kappa shape index (κ2) is 5.89. The fourth-order valence-electron chi connectivity index (χ4n) is 6.60. The Hall–Kier alpha value is -2.22. The molecule has 2 fully saturated rings. The van der Waals surface area contributed by atoms with Gasteiger partial charge in [0.2, 0.25) is 0 Å². The van der Waals surface area contributed by atoms with Gasteiger partial charge < -0.3 is 0 Å². The number of fused-ring (bicyclic) bond motifs is 6. The molecule has 3 aromatic rings. The van der Waals surface area contributed by atoms with Crippen molar-refractivity contribution in [2.24, 2.45) is 0 Å². The first-order valence-electron chi connectivity index (χ1n) is 11.1. The molecule has 2 heteroatoms. The zero-order valence-corrected chi connectivity index (χ0v) is 16.5. The highest BCUT2D eigenvalue weighted by molar-refractivity contribution is 6.09. The molecule has 2 spiro atoms. The van der Waals surface area contributed by atoms with E-state index in [9.17, 15) is 4.79 Å². The van der Waals surface area contributed by atoms with Crippen molar-refractivity contribution < 1.29 is 4.79 Å². The quantitative estimate of drug-likeness (QED) is 0.431. The van der Waals surface area contributed by atoms with Gasteiger partial charge in [-0.05, 0) is 42.7 Å². The lowest BCUT2D eigenvalue weighted by atomic mass is 9.64. The molecule has 2 saturated carbocycles. The maximum Gasteiger partial charge on any atom is 0.155 e. The molecule has 2 nitrogen and oxygen atoms in total. The molecule has 1 aromatic heterocycles. The maximum atomic E-state index is 14.1. The number of aromatic nitrogens is 1. The lowest BCUT2D eigenvalue weighted by Gasteiger charge is -2.37. The molecule has 0 amide bonds. The van der Waals surface area contributed by atoms with E-state index < -0.39 is 0 Å². The number of Topliss-reactive ketones (excluding diaryl/α,β-unsaturated/α-hetero) is 1. The molecular formula is C26H27NO. The van der Waals surface area contributed by atoms with Crippen molar-refractivity contribution in [3.63, 3.8) is 0 Å². The van der Waals surface area contributed by atoms with E-state index in [0.29, 0.717) is 5.78 Å². The third kappa shape index (κ3) is 2.04. The van der Waals surface area contributed by atoms with Gasteiger partial charge in [0.25, 0.3) is 0 Å². The largest absolute Gasteiger partial charge is 0.298 e. The summed E-state index contributed by atoms with van der Waals surface area (Å²) in [5, 5.41) is 3.64. The Kier molecular flexibility index (Phi) is 3.51. The minimum absolute atomic E-state index is 0.252. The molecule has 0 unspecified atom stereocenters. The number of hydrogen-bond acceptors (Lipinski definition) is 2. The van der Waals surface area contributed by atoms with Crippen LogP contribution >= 0.6 is 0 Å². The number of ketones is 1. The standard InChI is InChI=1S/C26H27NO/c28-24-25(13-5-1-6-14-25)21-17-19-12-11-18-9-3-4-10-20(18)22(19)27-23(21)26(24)15-7-2-8-16-26/h3-4,9-12,17H,1-2,5-8,13-16H2. The van der Waals surface area contributed by atoms with Crippen LogP contribution in [0.15, 0.2) is 42.5 Å². The number of pyridine rings is 1. The van der Waals surface area contributed by atoms with Crippen molar-refractivity contribution in [1.82, 2.24) is 4.98 Å². The Bertz CT molecular complexity index is 1100. The SMILES string of the molecule is O=C1C2(CCCCC2)c2cc3ccc4ccccc4c3nc2C12CCCCC2. The second-order valence-electron chi connectivity index (χ2n) is 9.36. The van der Waals surface area contributed by atoms with E-state index in [1.54, 1.807) is 0 Å². The first kappa shape index (κ1) is 16.7. The monoisotopic (exact) mass is 369 g/mol. The summed E-state index contributed by atoms with van der Waals surface area (Å²) in [4.78, 5) is 19.5. The summed E-state index contributed by atoms with van der Waals surface area (Å²) in [6, 6.07) is 15.3. The fraction of sp³-hybridized carbons (Fsp3) is 0.462. The summed E-state index contributed by atoms with van der Waals surface area (Å²) in [5.41, 5.74) is 2.97. The van der Waals surface area contributed by atoms with Gasteiger partial charge in [0, 0.05) is 10.8 Å². The minimum Gasteiger partial charge on any atom is -0.298 e. The van der Waals surface area contributed by atoms with E-state index >= 15 is 0 Å². The molecule has 3 aliphatic rings. The van der Waals surface area contributed by atoms with E-state index in [4.69, 9.17) is 4.98 Å². The minimum atomic E-state index is -0.309. The fourth-order valence-corrected chi connectivity index (χ4v) is 6.60. The summed E-state index contributed by atoms with van der Waals surface area (Å²) < 4.78 is 0. The Morgan fingerprint density at radius 1 is 0.714 bits per heavy atom. The molecule has 6 rings (SSSR count). The van der Waals surface area contributed by atoms with E-state index in [1.165, 1.54) is 47.4 Å². The molecule has 0 radical (unpaired) electrons. The zero-order valence-electron chi connectivity index (χ0n) is 16.5. The van der Waals surface area contributed by atoms with Crippen LogP contribution in [-0.2, 0) is 15.6 Å². The molecular weight excluding hydrogens is 342 g/mol. The Morgan fingerprint density at radius 2 is 1.36 bits per heavy atom. The van der Waals surface area contributed by atoms with Crippen LogP contribution in [0.2, 0.25) is 0 Å². The topological polar surface area (TPSA) is 30.0 Å². The molecule has 142 valence electrons. The van der Waals surface area contributed by atoms with Crippen LogP contribution in [0.25, 0.3) is 21.7 Å². The van der Waals surface area contributed by atoms with Crippen LogP contribution in [0.3, 0.4) is 0 Å². The van der Waals surface area contributed by atoms with Crippen molar-refractivity contribution in [2.45, 2.75) is 75.0 Å². The van der Waals surface area contributed by atoms with Crippen LogP contribution in [0, 0.1) is 0 Å². The number of carbonyl (C=O) groups excluding carboxylic acids is 1. The molecule has 0 N–H and O–H groups in total. The molecule has 3 aliphatic carbocycles. The summed E-state index contributed by atoms with van der Waals surface area (Å²) in [7, 11) is 0. The van der Waals surface area contributed by atoms with Crippen LogP contribution in [-0.4, -0.2) is 10.8 Å². The first-order valence-corrected chi connectivity index (χ1v) is 11.1. The summed E-state index contributed by atoms with van der Waals surface area (Å²) in [6.07, 6.45) is 11.3. The highest BCUT2D eigenvalue weighted by Gasteiger charge is 2.60. The van der Waals surface area contributed by atoms with Crippen LogP contribution in [0.4, 0.5) is 0 Å². The molecule has 0 saturated heterocycles. The third-order valence-electron chi connectivity index (χ3n) is 7.96. The molecule has 28 heavy (non-hydrogen) atoms. The molecule has 0 bridgehead atoms. The smallest absolute Gasteiger partial charge is 0.155 e. The van der Waals surface area contributed by atoms with Gasteiger partial charge in [-0.25, -0.2) is 0 Å². The van der Waals surface area contributed by atoms with Crippen LogP contribution in [0.1, 0.15) is 75.5 Å². The predicted octanol–water partition coefficient (Wildman–Crippen LogP) is 6.37. The number of hydrogen-bond donors (Lipinski definition) is 0. The van der Waals surface area contributed by atoms with Crippen molar-refractivity contribution >= 4 is 27.5 Å². The highest BCUT2D eigenvalue weighted by Crippen LogP contribution is 2.58. The van der Waals surface area contributed by atoms with Gasteiger partial charge in [0.1, 0.15) is 0 Å². The molecule has 1 heterocycles. The van der Waals surface area contributed by atoms with Gasteiger partial charge in [-0.3, -0.25) is 9.78 Å². The van der Waals surface area contributed by atoms with Gasteiger partial charge >= 0.3 is 0 Å². The average molecular weight is 370 g/mol. The number of rotatable bonds is 0. The molecule has 0 atom stereocenters. The summed E-state index contributed by atoms with van der Waals surface area (Å²) in [5.74, 6) is 0.529. The summed E-state index contributed by atoms with van der Waals surface area (Å²) >= 11 is 0. The van der Waals surface area contributed by atoms with Gasteiger partial charge in [-0.1, -0.05) is 74.9 Å². The predicted molar refractivity (Wildman–Crippen MR) is 114 cm³/mol. The number of carbonyl (C=O) groups is 1. The van der Waals surface area contributed by atoms with Crippen molar-refractivity contribution in [1.29, 1.82) is 0 Å². The molecule has 2 aromatic carbocycles. The van der Waals surface area contributed by atoms with Crippen molar-refractivity contribution in [3.05, 3.63) is 53.7 Å². The van der Waals surface area contributed by atoms with Crippen molar-refractivity contribution in [3.8, 4) is 0 Å². The van der Waals surface area contributed by atoms with Gasteiger partial charge in [-0.2, -0.15) is 0 Å². The van der Waals surface area contributed by atoms with Crippen molar-refractivity contribution in [2.75, 3.05) is 0 Å².